The van der Waals surface area contributed by atoms with Gasteiger partial charge in [-0.1, -0.05) is 11.2 Å². The highest BCUT2D eigenvalue weighted by atomic mass is 32.2. The average Bonchev–Trinajstić information content (AvgIpc) is 3.46. The molecule has 32 heavy (non-hydrogen) atoms. The number of hydrogen-bond donors (Lipinski definition) is 1. The quantitative estimate of drug-likeness (QED) is 0.429. The molecule has 0 amide bonds. The summed E-state index contributed by atoms with van der Waals surface area (Å²) in [5.74, 6) is -0.734. The van der Waals surface area contributed by atoms with Crippen molar-refractivity contribution in [2.45, 2.75) is 29.5 Å². The second-order valence-electron chi connectivity index (χ2n) is 8.03. The Morgan fingerprint density at radius 3 is 2.84 bits per heavy atom. The van der Waals surface area contributed by atoms with Crippen molar-refractivity contribution in [1.29, 1.82) is 0 Å². The van der Waals surface area contributed by atoms with Crippen LogP contribution in [0.25, 0.3) is 21.1 Å². The van der Waals surface area contributed by atoms with E-state index < -0.39 is 10.0 Å². The third kappa shape index (κ3) is 4.40. The third-order valence-corrected chi connectivity index (χ3v) is 8.81. The molecule has 168 valence electrons. The van der Waals surface area contributed by atoms with Gasteiger partial charge in [0.25, 0.3) is 0 Å². The van der Waals surface area contributed by atoms with Gasteiger partial charge in [0.15, 0.2) is 5.58 Å². The Labute approximate surface area is 187 Å². The van der Waals surface area contributed by atoms with Crippen LogP contribution >= 0.6 is 11.3 Å². The van der Waals surface area contributed by atoms with E-state index in [0.717, 1.165) is 48.3 Å². The minimum absolute atomic E-state index is 0.169. The van der Waals surface area contributed by atoms with Crippen molar-refractivity contribution in [3.05, 3.63) is 59.8 Å². The normalized spacial score (nSPS) is 17.6. The molecule has 1 N–H and O–H groups in total. The molecule has 5 rings (SSSR count). The second kappa shape index (κ2) is 8.51. The van der Waals surface area contributed by atoms with Crippen molar-refractivity contribution < 1.29 is 21.7 Å². The summed E-state index contributed by atoms with van der Waals surface area (Å²) in [7, 11) is -3.66. The molecule has 6 nitrogen and oxygen atoms in total. The van der Waals surface area contributed by atoms with Crippen LogP contribution in [-0.4, -0.2) is 44.2 Å². The van der Waals surface area contributed by atoms with Crippen molar-refractivity contribution in [1.82, 2.24) is 14.8 Å². The van der Waals surface area contributed by atoms with Gasteiger partial charge in [-0.3, -0.25) is 0 Å². The predicted octanol–water partition coefficient (Wildman–Crippen LogP) is 4.31. The van der Waals surface area contributed by atoms with Gasteiger partial charge in [0.1, 0.15) is 15.8 Å². The minimum Gasteiger partial charge on any atom is -0.356 e. The predicted molar refractivity (Wildman–Crippen MR) is 119 cm³/mol. The van der Waals surface area contributed by atoms with Crippen LogP contribution < -0.4 is 4.72 Å². The Morgan fingerprint density at radius 2 is 1.97 bits per heavy atom. The number of rotatable bonds is 7. The topological polar surface area (TPSA) is 75.4 Å². The Balaban J connectivity index is 1.16. The molecule has 4 aromatic rings. The van der Waals surface area contributed by atoms with Gasteiger partial charge in [0.05, 0.1) is 5.69 Å². The Hall–Kier alpha value is -2.40. The van der Waals surface area contributed by atoms with E-state index in [1.807, 2.05) is 0 Å². The van der Waals surface area contributed by atoms with Gasteiger partial charge in [-0.25, -0.2) is 21.9 Å². The van der Waals surface area contributed by atoms with Crippen molar-refractivity contribution in [3.63, 3.8) is 0 Å². The summed E-state index contributed by atoms with van der Waals surface area (Å²) >= 11 is 1.07. The van der Waals surface area contributed by atoms with E-state index in [-0.39, 0.29) is 21.9 Å². The summed E-state index contributed by atoms with van der Waals surface area (Å²) < 4.78 is 61.1. The molecule has 0 spiro atoms. The monoisotopic (exact) mass is 477 g/mol. The highest BCUT2D eigenvalue weighted by molar-refractivity contribution is 7.91. The van der Waals surface area contributed by atoms with Gasteiger partial charge in [-0.2, -0.15) is 0 Å². The molecular formula is C22H21F2N3O3S2. The van der Waals surface area contributed by atoms with Crippen LogP contribution in [0.3, 0.4) is 0 Å². The van der Waals surface area contributed by atoms with Crippen LogP contribution in [0.1, 0.15) is 18.5 Å². The number of nitrogens with zero attached hydrogens (tertiary/aromatic N) is 2. The van der Waals surface area contributed by atoms with Crippen LogP contribution in [0.2, 0.25) is 0 Å². The van der Waals surface area contributed by atoms with Crippen LogP contribution in [0.4, 0.5) is 8.78 Å². The molecule has 2 aromatic heterocycles. The lowest BCUT2D eigenvalue weighted by molar-refractivity contribution is 0.326. The molecule has 10 heteroatoms. The van der Waals surface area contributed by atoms with Gasteiger partial charge < -0.3 is 9.42 Å². The first-order chi connectivity index (χ1) is 15.4. The van der Waals surface area contributed by atoms with E-state index in [1.165, 1.54) is 24.3 Å². The molecule has 0 radical (unpaired) electrons. The molecule has 2 aromatic carbocycles. The molecule has 1 fully saturated rings. The second-order valence-corrected chi connectivity index (χ2v) is 11.1. The van der Waals surface area contributed by atoms with E-state index >= 15 is 0 Å². The van der Waals surface area contributed by atoms with Gasteiger partial charge in [0.2, 0.25) is 10.0 Å². The van der Waals surface area contributed by atoms with Gasteiger partial charge in [0, 0.05) is 28.7 Å². The first kappa shape index (κ1) is 21.4. The van der Waals surface area contributed by atoms with Gasteiger partial charge >= 0.3 is 0 Å². The van der Waals surface area contributed by atoms with Crippen LogP contribution in [0.15, 0.2) is 51.2 Å². The molecule has 1 unspecified atom stereocenters. The van der Waals surface area contributed by atoms with Crippen LogP contribution in [-0.2, 0) is 16.4 Å². The first-order valence-corrected chi connectivity index (χ1v) is 12.6. The number of aryl methyl sites for hydroxylation is 1. The van der Waals surface area contributed by atoms with Crippen molar-refractivity contribution in [2.24, 2.45) is 0 Å². The van der Waals surface area contributed by atoms with Crippen molar-refractivity contribution >= 4 is 42.4 Å². The Morgan fingerprint density at radius 1 is 1.16 bits per heavy atom. The van der Waals surface area contributed by atoms with E-state index in [9.17, 15) is 17.2 Å². The van der Waals surface area contributed by atoms with Crippen molar-refractivity contribution in [2.75, 3.05) is 19.6 Å². The minimum atomic E-state index is -3.66. The Bertz CT molecular complexity index is 1380. The number of sulfonamides is 1. The van der Waals surface area contributed by atoms with E-state index in [1.54, 1.807) is 18.2 Å². The highest BCUT2D eigenvalue weighted by Gasteiger charge is 2.28. The highest BCUT2D eigenvalue weighted by Crippen LogP contribution is 2.30. The lowest BCUT2D eigenvalue weighted by atomic mass is 10.1. The number of aromatic nitrogens is 1. The number of benzene rings is 2. The zero-order valence-electron chi connectivity index (χ0n) is 17.1. The number of hydrogen-bond acceptors (Lipinski definition) is 6. The summed E-state index contributed by atoms with van der Waals surface area (Å²) in [5, 5.41) is 5.58. The molecule has 3 heterocycles. The van der Waals surface area contributed by atoms with Crippen LogP contribution in [0, 0.1) is 11.6 Å². The summed E-state index contributed by atoms with van der Waals surface area (Å²) in [6.07, 6.45) is 2.26. The standard InChI is InChI=1S/C22H21F2N3O3S2/c23-15-5-6-18-19(25-30-20(18)11-15)2-1-8-27-9-7-17(13-27)26-32(28,29)22-10-14-3-4-16(24)12-21(14)31-22/h3-6,10-12,17,26H,1-2,7-9,13H2. The summed E-state index contributed by atoms with van der Waals surface area (Å²) in [4.78, 5) is 2.22. The first-order valence-electron chi connectivity index (χ1n) is 10.3. The summed E-state index contributed by atoms with van der Waals surface area (Å²) in [6.45, 7) is 2.23. The molecule has 0 bridgehead atoms. The van der Waals surface area contributed by atoms with Gasteiger partial charge in [-0.05, 0) is 68.1 Å². The molecule has 1 saturated heterocycles. The maximum atomic E-state index is 13.4. The smallest absolute Gasteiger partial charge is 0.250 e. The zero-order valence-corrected chi connectivity index (χ0v) is 18.7. The van der Waals surface area contributed by atoms with E-state index in [2.05, 4.69) is 14.8 Å². The molecule has 0 saturated carbocycles. The number of halogens is 2. The number of fused-ring (bicyclic) bond motifs is 2. The molecule has 1 aliphatic heterocycles. The largest absolute Gasteiger partial charge is 0.356 e. The number of likely N-dealkylation sites (tertiary alicyclic amines) is 1. The summed E-state index contributed by atoms with van der Waals surface area (Å²) in [6, 6.07) is 10.1. The number of thiophene rings is 1. The maximum Gasteiger partial charge on any atom is 0.250 e. The summed E-state index contributed by atoms with van der Waals surface area (Å²) in [5.41, 5.74) is 1.25. The maximum absolute atomic E-state index is 13.4. The molecule has 1 atom stereocenters. The zero-order chi connectivity index (χ0) is 22.3. The fraction of sp³-hybridized carbons (Fsp3) is 0.318. The van der Waals surface area contributed by atoms with Gasteiger partial charge in [-0.15, -0.1) is 11.3 Å². The fourth-order valence-electron chi connectivity index (χ4n) is 4.14. The van der Waals surface area contributed by atoms with Crippen molar-refractivity contribution in [3.8, 4) is 0 Å². The molecule has 0 aliphatic carbocycles. The lowest BCUT2D eigenvalue weighted by Crippen LogP contribution is -2.36. The Kier molecular flexibility index (Phi) is 5.70. The third-order valence-electron chi connectivity index (χ3n) is 5.72. The molecule has 1 aliphatic rings. The van der Waals surface area contributed by atoms with E-state index in [4.69, 9.17) is 4.52 Å². The number of nitrogens with one attached hydrogen (secondary N) is 1. The fourth-order valence-corrected chi connectivity index (χ4v) is 6.84. The van der Waals surface area contributed by atoms with E-state index in [0.29, 0.717) is 28.6 Å². The van der Waals surface area contributed by atoms with Crippen LogP contribution in [0.5, 0.6) is 0 Å². The average molecular weight is 478 g/mol. The lowest BCUT2D eigenvalue weighted by Gasteiger charge is -2.16. The molecular weight excluding hydrogens is 456 g/mol. The SMILES string of the molecule is O=S(=O)(NC1CCN(CCCc2noc3cc(F)ccc23)C1)c1cc2ccc(F)cc2s1.